The van der Waals surface area contributed by atoms with Crippen LogP contribution in [-0.4, -0.2) is 22.2 Å². The first-order chi connectivity index (χ1) is 9.29. The number of ketones is 1. The summed E-state index contributed by atoms with van der Waals surface area (Å²) in [6, 6.07) is 7.99. The monoisotopic (exact) mass is 256 g/mol. The van der Waals surface area contributed by atoms with Crippen LogP contribution in [0.1, 0.15) is 34.5 Å². The second-order valence-electron chi connectivity index (χ2n) is 4.65. The van der Waals surface area contributed by atoms with Gasteiger partial charge >= 0.3 is 0 Å². The van der Waals surface area contributed by atoms with Gasteiger partial charge < -0.3 is 4.74 Å². The quantitative estimate of drug-likeness (QED) is 0.792. The Bertz CT molecular complexity index is 604. The molecule has 19 heavy (non-hydrogen) atoms. The molecule has 4 nitrogen and oxygen atoms in total. The Labute approximate surface area is 112 Å². The van der Waals surface area contributed by atoms with Gasteiger partial charge in [-0.05, 0) is 24.5 Å². The van der Waals surface area contributed by atoms with E-state index in [4.69, 9.17) is 4.74 Å². The van der Waals surface area contributed by atoms with Crippen LogP contribution in [0.25, 0.3) is 0 Å². The Balaban J connectivity index is 1.93. The van der Waals surface area contributed by atoms with E-state index in [2.05, 4.69) is 11.2 Å². The molecule has 0 amide bonds. The van der Waals surface area contributed by atoms with Crippen molar-refractivity contribution in [1.29, 1.82) is 0 Å². The number of carbonyl (C=O) groups excluding carboxylic acids is 1. The molecule has 0 bridgehead atoms. The van der Waals surface area contributed by atoms with Crippen molar-refractivity contribution < 1.29 is 9.53 Å². The number of aromatic nitrogens is 2. The van der Waals surface area contributed by atoms with E-state index >= 15 is 0 Å². The first-order valence-electron chi connectivity index (χ1n) is 6.55. The molecule has 2 heterocycles. The molecule has 1 unspecified atom stereocenters. The standard InChI is InChI=1S/C15H16N2O2/c1-2-17-10-12(9-16-17)14(18)15-13-6-4-3-5-11(13)7-8-19-15/h3-6,9-10,15H,2,7-8H2,1H3. The smallest absolute Gasteiger partial charge is 0.199 e. The molecular weight excluding hydrogens is 240 g/mol. The van der Waals surface area contributed by atoms with Gasteiger partial charge in [-0.15, -0.1) is 0 Å². The van der Waals surface area contributed by atoms with Crippen molar-refractivity contribution >= 4 is 5.78 Å². The van der Waals surface area contributed by atoms with Crippen LogP contribution < -0.4 is 0 Å². The van der Waals surface area contributed by atoms with E-state index in [1.165, 1.54) is 5.56 Å². The minimum Gasteiger partial charge on any atom is -0.365 e. The van der Waals surface area contributed by atoms with E-state index in [0.29, 0.717) is 12.2 Å². The van der Waals surface area contributed by atoms with Crippen LogP contribution in [0.5, 0.6) is 0 Å². The minimum atomic E-state index is -0.487. The highest BCUT2D eigenvalue weighted by atomic mass is 16.5. The fourth-order valence-electron chi connectivity index (χ4n) is 2.43. The lowest BCUT2D eigenvalue weighted by atomic mass is 9.93. The van der Waals surface area contributed by atoms with Crippen molar-refractivity contribution in [2.45, 2.75) is 26.0 Å². The lowest BCUT2D eigenvalue weighted by Crippen LogP contribution is -2.23. The van der Waals surface area contributed by atoms with Gasteiger partial charge in [-0.25, -0.2) is 0 Å². The van der Waals surface area contributed by atoms with Gasteiger partial charge in [0.05, 0.1) is 18.4 Å². The van der Waals surface area contributed by atoms with Crippen LogP contribution in [0.2, 0.25) is 0 Å². The maximum Gasteiger partial charge on any atom is 0.199 e. The van der Waals surface area contributed by atoms with E-state index < -0.39 is 6.10 Å². The van der Waals surface area contributed by atoms with Gasteiger partial charge in [0.1, 0.15) is 6.10 Å². The van der Waals surface area contributed by atoms with Crippen molar-refractivity contribution in [2.75, 3.05) is 6.61 Å². The third-order valence-corrected chi connectivity index (χ3v) is 3.47. The third kappa shape index (κ3) is 2.19. The summed E-state index contributed by atoms with van der Waals surface area (Å²) in [5.41, 5.74) is 2.81. The highest BCUT2D eigenvalue weighted by molar-refractivity contribution is 6.00. The van der Waals surface area contributed by atoms with Gasteiger partial charge in [-0.3, -0.25) is 9.48 Å². The summed E-state index contributed by atoms with van der Waals surface area (Å²) in [4.78, 5) is 12.5. The average molecular weight is 256 g/mol. The molecule has 3 rings (SSSR count). The average Bonchev–Trinajstić information content (AvgIpc) is 2.95. The summed E-state index contributed by atoms with van der Waals surface area (Å²) in [6.45, 7) is 3.35. The third-order valence-electron chi connectivity index (χ3n) is 3.47. The van der Waals surface area contributed by atoms with E-state index in [-0.39, 0.29) is 5.78 Å². The molecule has 0 saturated heterocycles. The molecule has 2 aromatic rings. The number of aryl methyl sites for hydroxylation is 1. The molecule has 98 valence electrons. The highest BCUT2D eigenvalue weighted by Gasteiger charge is 2.28. The van der Waals surface area contributed by atoms with Gasteiger partial charge in [0.2, 0.25) is 0 Å². The van der Waals surface area contributed by atoms with Crippen LogP contribution in [0.15, 0.2) is 36.7 Å². The molecule has 0 aliphatic carbocycles. The van der Waals surface area contributed by atoms with Crippen LogP contribution in [0.3, 0.4) is 0 Å². The van der Waals surface area contributed by atoms with Crippen molar-refractivity contribution in [3.63, 3.8) is 0 Å². The number of ether oxygens (including phenoxy) is 1. The fraction of sp³-hybridized carbons (Fsp3) is 0.333. The molecule has 0 N–H and O–H groups in total. The number of benzene rings is 1. The van der Waals surface area contributed by atoms with E-state index in [1.54, 1.807) is 17.1 Å². The predicted octanol–water partition coefficient (Wildman–Crippen LogP) is 2.40. The zero-order chi connectivity index (χ0) is 13.2. The molecule has 1 aliphatic heterocycles. The van der Waals surface area contributed by atoms with Crippen molar-refractivity contribution in [2.24, 2.45) is 0 Å². The Hall–Kier alpha value is -1.94. The minimum absolute atomic E-state index is 0.00755. The molecule has 4 heteroatoms. The predicted molar refractivity (Wildman–Crippen MR) is 71.1 cm³/mol. The number of fused-ring (bicyclic) bond motifs is 1. The van der Waals surface area contributed by atoms with Crippen molar-refractivity contribution in [1.82, 2.24) is 9.78 Å². The maximum atomic E-state index is 12.5. The topological polar surface area (TPSA) is 44.1 Å². The van der Waals surface area contributed by atoms with Crippen LogP contribution in [-0.2, 0) is 17.7 Å². The summed E-state index contributed by atoms with van der Waals surface area (Å²) in [6.07, 6.45) is 3.78. The highest BCUT2D eigenvalue weighted by Crippen LogP contribution is 2.29. The molecular formula is C15H16N2O2. The summed E-state index contributed by atoms with van der Waals surface area (Å²) in [5.74, 6) is -0.00755. The molecule has 0 saturated carbocycles. The molecule has 1 aromatic heterocycles. The Morgan fingerprint density at radius 2 is 2.32 bits per heavy atom. The fourth-order valence-corrected chi connectivity index (χ4v) is 2.43. The van der Waals surface area contributed by atoms with E-state index in [1.807, 2.05) is 25.1 Å². The first-order valence-corrected chi connectivity index (χ1v) is 6.55. The number of hydrogen-bond acceptors (Lipinski definition) is 3. The number of hydrogen-bond donors (Lipinski definition) is 0. The van der Waals surface area contributed by atoms with Crippen LogP contribution >= 0.6 is 0 Å². The number of nitrogens with zero attached hydrogens (tertiary/aromatic N) is 2. The zero-order valence-corrected chi connectivity index (χ0v) is 10.9. The second-order valence-corrected chi connectivity index (χ2v) is 4.65. The van der Waals surface area contributed by atoms with Gasteiger partial charge in [0.15, 0.2) is 5.78 Å². The number of Topliss-reactive ketones (excluding diaryl/α,β-unsaturated/α-hetero) is 1. The molecule has 1 aromatic carbocycles. The van der Waals surface area contributed by atoms with Gasteiger partial charge in [0.25, 0.3) is 0 Å². The summed E-state index contributed by atoms with van der Waals surface area (Å²) in [5, 5.41) is 4.15. The van der Waals surface area contributed by atoms with Crippen LogP contribution in [0.4, 0.5) is 0 Å². The Morgan fingerprint density at radius 1 is 1.47 bits per heavy atom. The van der Waals surface area contributed by atoms with Crippen molar-refractivity contribution in [3.05, 3.63) is 53.3 Å². The lowest BCUT2D eigenvalue weighted by Gasteiger charge is -2.24. The first kappa shape index (κ1) is 12.1. The van der Waals surface area contributed by atoms with Gasteiger partial charge in [0, 0.05) is 12.7 Å². The van der Waals surface area contributed by atoms with Crippen molar-refractivity contribution in [3.8, 4) is 0 Å². The number of rotatable bonds is 3. The zero-order valence-electron chi connectivity index (χ0n) is 10.9. The van der Waals surface area contributed by atoms with E-state index in [0.717, 1.165) is 18.5 Å². The number of carbonyl (C=O) groups is 1. The van der Waals surface area contributed by atoms with Crippen LogP contribution in [0, 0.1) is 0 Å². The molecule has 0 spiro atoms. The molecule has 0 radical (unpaired) electrons. The molecule has 0 fully saturated rings. The Morgan fingerprint density at radius 3 is 3.11 bits per heavy atom. The summed E-state index contributed by atoms with van der Waals surface area (Å²) in [7, 11) is 0. The largest absolute Gasteiger partial charge is 0.365 e. The SMILES string of the molecule is CCn1cc(C(=O)C2OCCc3ccccc32)cn1. The van der Waals surface area contributed by atoms with Gasteiger partial charge in [-0.2, -0.15) is 5.10 Å². The Kier molecular flexibility index (Phi) is 3.17. The molecule has 1 atom stereocenters. The summed E-state index contributed by atoms with van der Waals surface area (Å²) < 4.78 is 7.43. The normalized spacial score (nSPS) is 18.1. The summed E-state index contributed by atoms with van der Waals surface area (Å²) >= 11 is 0. The van der Waals surface area contributed by atoms with E-state index in [9.17, 15) is 4.79 Å². The second kappa shape index (κ2) is 4.97. The molecule has 1 aliphatic rings. The maximum absolute atomic E-state index is 12.5. The van der Waals surface area contributed by atoms with Gasteiger partial charge in [-0.1, -0.05) is 24.3 Å². The lowest BCUT2D eigenvalue weighted by molar-refractivity contribution is 0.0349.